The Balaban J connectivity index is 1.42. The number of aromatic nitrogens is 1. The van der Waals surface area contributed by atoms with Crippen molar-refractivity contribution >= 4 is 15.7 Å². The highest BCUT2D eigenvalue weighted by Crippen LogP contribution is 2.31. The highest BCUT2D eigenvalue weighted by Gasteiger charge is 2.39. The summed E-state index contributed by atoms with van der Waals surface area (Å²) in [6, 6.07) is 6.39. The molecule has 4 aliphatic rings. The van der Waals surface area contributed by atoms with Gasteiger partial charge in [0.2, 0.25) is 5.91 Å². The third-order valence-electron chi connectivity index (χ3n) is 6.13. The first-order valence-corrected chi connectivity index (χ1v) is 11.5. The van der Waals surface area contributed by atoms with Crippen molar-refractivity contribution in [1.82, 2.24) is 14.8 Å². The van der Waals surface area contributed by atoms with E-state index in [1.165, 1.54) is 6.42 Å². The number of carbonyl (C=O) groups excluding carboxylic acids is 1. The summed E-state index contributed by atoms with van der Waals surface area (Å²) in [5.74, 6) is 0.900. The molecule has 6 nitrogen and oxygen atoms in total. The van der Waals surface area contributed by atoms with Gasteiger partial charge in [0.15, 0.2) is 0 Å². The first-order valence-electron chi connectivity index (χ1n) is 9.63. The zero-order valence-corrected chi connectivity index (χ0v) is 15.9. The van der Waals surface area contributed by atoms with E-state index in [4.69, 9.17) is 0 Å². The van der Waals surface area contributed by atoms with Crippen LogP contribution in [0.25, 0.3) is 0 Å². The fraction of sp³-hybridized carbons (Fsp3) is 0.684. The van der Waals surface area contributed by atoms with Crippen molar-refractivity contribution in [3.63, 3.8) is 0 Å². The molecule has 0 N–H and O–H groups in total. The molecule has 0 saturated carbocycles. The van der Waals surface area contributed by atoms with Gasteiger partial charge in [0.1, 0.15) is 9.84 Å². The van der Waals surface area contributed by atoms with Crippen LogP contribution in [0.5, 0.6) is 0 Å². The highest BCUT2D eigenvalue weighted by atomic mass is 32.2. The standard InChI is InChI=1S/C19H27N3O3S/c23-19(16-6-9-26(24,25)10-7-16)22-12-15-4-5-18(14-22)21(11-15)13-17-3-1-2-8-20-17/h1-3,8,15-16,18H,4-7,9-14H2/t15-,18-/m0/s1. The van der Waals surface area contributed by atoms with Crippen LogP contribution in [-0.4, -0.2) is 66.3 Å². The van der Waals surface area contributed by atoms with Gasteiger partial charge in [0.25, 0.3) is 0 Å². The molecule has 2 bridgehead atoms. The van der Waals surface area contributed by atoms with E-state index in [2.05, 4.69) is 16.0 Å². The van der Waals surface area contributed by atoms with Crippen LogP contribution in [0.2, 0.25) is 0 Å². The van der Waals surface area contributed by atoms with Crippen molar-refractivity contribution < 1.29 is 13.2 Å². The van der Waals surface area contributed by atoms with E-state index in [1.54, 1.807) is 0 Å². The summed E-state index contributed by atoms with van der Waals surface area (Å²) in [4.78, 5) is 22.0. The van der Waals surface area contributed by atoms with Crippen LogP contribution >= 0.6 is 0 Å². The molecule has 0 unspecified atom stereocenters. The first kappa shape index (κ1) is 17.9. The maximum atomic E-state index is 13.0. The van der Waals surface area contributed by atoms with Gasteiger partial charge in [-0.05, 0) is 43.7 Å². The van der Waals surface area contributed by atoms with Crippen LogP contribution in [0.15, 0.2) is 24.4 Å². The minimum absolute atomic E-state index is 0.111. The third kappa shape index (κ3) is 3.93. The summed E-state index contributed by atoms with van der Waals surface area (Å²) in [5, 5.41) is 0. The quantitative estimate of drug-likeness (QED) is 0.795. The second-order valence-electron chi connectivity index (χ2n) is 8.02. The molecule has 1 amide bonds. The average Bonchev–Trinajstić information content (AvgIpc) is 2.94. The lowest BCUT2D eigenvalue weighted by Crippen LogP contribution is -2.45. The first-order chi connectivity index (χ1) is 12.5. The summed E-state index contributed by atoms with van der Waals surface area (Å²) >= 11 is 0. The van der Waals surface area contributed by atoms with Gasteiger partial charge in [-0.2, -0.15) is 0 Å². The number of pyridine rings is 1. The van der Waals surface area contributed by atoms with Crippen molar-refractivity contribution in [2.45, 2.75) is 38.3 Å². The summed E-state index contributed by atoms with van der Waals surface area (Å²) in [6.45, 7) is 3.44. The van der Waals surface area contributed by atoms with Gasteiger partial charge in [-0.1, -0.05) is 6.07 Å². The molecular formula is C19H27N3O3S. The molecule has 26 heavy (non-hydrogen) atoms. The fourth-order valence-electron chi connectivity index (χ4n) is 4.65. The van der Waals surface area contributed by atoms with Crippen molar-refractivity contribution in [2.24, 2.45) is 11.8 Å². The van der Waals surface area contributed by atoms with E-state index in [9.17, 15) is 13.2 Å². The molecule has 1 aromatic rings. The maximum Gasteiger partial charge on any atom is 0.225 e. The van der Waals surface area contributed by atoms with Crippen LogP contribution in [0.3, 0.4) is 0 Å². The van der Waals surface area contributed by atoms with Crippen molar-refractivity contribution in [1.29, 1.82) is 0 Å². The Morgan fingerprint density at radius 1 is 1.08 bits per heavy atom. The summed E-state index contributed by atoms with van der Waals surface area (Å²) in [7, 11) is -2.93. The normalized spacial score (nSPS) is 29.5. The zero-order valence-electron chi connectivity index (χ0n) is 15.1. The molecule has 5 rings (SSSR count). The molecule has 1 aromatic heterocycles. The molecule has 4 saturated heterocycles. The van der Waals surface area contributed by atoms with Crippen LogP contribution in [0.4, 0.5) is 0 Å². The molecule has 142 valence electrons. The molecule has 2 atom stereocenters. The largest absolute Gasteiger partial charge is 0.341 e. The maximum absolute atomic E-state index is 13.0. The van der Waals surface area contributed by atoms with Crippen molar-refractivity contribution in [3.8, 4) is 0 Å². The van der Waals surface area contributed by atoms with E-state index in [-0.39, 0.29) is 23.3 Å². The molecule has 0 radical (unpaired) electrons. The minimum atomic E-state index is -2.93. The Bertz CT molecular complexity index is 739. The van der Waals surface area contributed by atoms with Crippen molar-refractivity contribution in [2.75, 3.05) is 31.1 Å². The summed E-state index contributed by atoms with van der Waals surface area (Å²) in [6.07, 6.45) is 5.11. The Hall–Kier alpha value is -1.47. The van der Waals surface area contributed by atoms with Crippen LogP contribution in [0, 0.1) is 11.8 Å². The number of rotatable bonds is 3. The monoisotopic (exact) mass is 377 g/mol. The molecule has 5 heterocycles. The lowest BCUT2D eigenvalue weighted by Gasteiger charge is -2.35. The smallest absolute Gasteiger partial charge is 0.225 e. The Kier molecular flexibility index (Phi) is 5.01. The minimum Gasteiger partial charge on any atom is -0.341 e. The van der Waals surface area contributed by atoms with Crippen LogP contribution in [0.1, 0.15) is 31.4 Å². The Labute approximate surface area is 155 Å². The molecular weight excluding hydrogens is 350 g/mol. The number of sulfone groups is 1. The summed E-state index contributed by atoms with van der Waals surface area (Å²) < 4.78 is 23.3. The average molecular weight is 378 g/mol. The SMILES string of the molecule is O=C(C1CCS(=O)(=O)CC1)N1C[C@H]2CC[C@@H](C1)N(Cc1ccccn1)C2. The highest BCUT2D eigenvalue weighted by molar-refractivity contribution is 7.91. The number of nitrogens with zero attached hydrogens (tertiary/aromatic N) is 3. The lowest BCUT2D eigenvalue weighted by molar-refractivity contribution is -0.136. The molecule has 0 spiro atoms. The Morgan fingerprint density at radius 3 is 2.62 bits per heavy atom. The fourth-order valence-corrected chi connectivity index (χ4v) is 6.14. The molecule has 7 heteroatoms. The second kappa shape index (κ2) is 7.27. The number of hydrogen-bond donors (Lipinski definition) is 0. The Morgan fingerprint density at radius 2 is 1.88 bits per heavy atom. The molecule has 4 aliphatic heterocycles. The van der Waals surface area contributed by atoms with Crippen molar-refractivity contribution in [3.05, 3.63) is 30.1 Å². The van der Waals surface area contributed by atoms with Gasteiger partial charge in [-0.15, -0.1) is 0 Å². The third-order valence-corrected chi connectivity index (χ3v) is 7.85. The van der Waals surface area contributed by atoms with E-state index < -0.39 is 9.84 Å². The molecule has 0 aromatic carbocycles. The summed E-state index contributed by atoms with van der Waals surface area (Å²) in [5.41, 5.74) is 1.08. The van der Waals surface area contributed by atoms with Crippen LogP contribution < -0.4 is 0 Å². The van der Waals surface area contributed by atoms with E-state index in [1.807, 2.05) is 23.2 Å². The van der Waals surface area contributed by atoms with Crippen LogP contribution in [-0.2, 0) is 21.2 Å². The molecule has 0 aliphatic carbocycles. The van der Waals surface area contributed by atoms with Gasteiger partial charge in [-0.3, -0.25) is 14.7 Å². The van der Waals surface area contributed by atoms with Gasteiger partial charge < -0.3 is 4.90 Å². The van der Waals surface area contributed by atoms with Gasteiger partial charge in [-0.25, -0.2) is 8.42 Å². The van der Waals surface area contributed by atoms with Gasteiger partial charge in [0.05, 0.1) is 17.2 Å². The zero-order chi connectivity index (χ0) is 18.1. The lowest BCUT2D eigenvalue weighted by atomic mass is 9.95. The predicted molar refractivity (Wildman–Crippen MR) is 99.1 cm³/mol. The number of amides is 1. The van der Waals surface area contributed by atoms with Gasteiger partial charge in [0, 0.05) is 44.3 Å². The number of carbonyl (C=O) groups is 1. The predicted octanol–water partition coefficient (Wildman–Crippen LogP) is 1.33. The second-order valence-corrected chi connectivity index (χ2v) is 10.3. The molecule has 4 fully saturated rings. The van der Waals surface area contributed by atoms with E-state index in [0.717, 1.165) is 38.3 Å². The van der Waals surface area contributed by atoms with Gasteiger partial charge >= 0.3 is 0 Å². The van der Waals surface area contributed by atoms with E-state index >= 15 is 0 Å². The number of hydrogen-bond acceptors (Lipinski definition) is 5. The number of fused-ring (bicyclic) bond motifs is 4. The van der Waals surface area contributed by atoms with E-state index in [0.29, 0.717) is 24.8 Å². The number of piperidine rings is 1. The topological polar surface area (TPSA) is 70.6 Å².